The Bertz CT molecular complexity index is 938. The molecule has 2 aromatic carbocycles. The second kappa shape index (κ2) is 5.68. The van der Waals surface area contributed by atoms with Crippen LogP contribution in [0.2, 0.25) is 0 Å². The van der Waals surface area contributed by atoms with Gasteiger partial charge in [-0.25, -0.2) is 4.79 Å². The van der Waals surface area contributed by atoms with Crippen LogP contribution >= 0.6 is 0 Å². The highest BCUT2D eigenvalue weighted by molar-refractivity contribution is 5.90. The molecule has 7 heteroatoms. The first-order valence-electron chi connectivity index (χ1n) is 6.80. The molecule has 3 aromatic rings. The van der Waals surface area contributed by atoms with Crippen molar-refractivity contribution >= 4 is 16.7 Å². The highest BCUT2D eigenvalue weighted by atomic mass is 19.3. The van der Waals surface area contributed by atoms with Gasteiger partial charge in [0.15, 0.2) is 0 Å². The second-order valence-electron chi connectivity index (χ2n) is 5.01. The van der Waals surface area contributed by atoms with Crippen LogP contribution in [0.3, 0.4) is 0 Å². The molecule has 3 rings (SSSR count). The van der Waals surface area contributed by atoms with E-state index in [2.05, 4.69) is 9.72 Å². The van der Waals surface area contributed by atoms with Gasteiger partial charge in [-0.2, -0.15) is 13.8 Å². The van der Waals surface area contributed by atoms with Gasteiger partial charge in [-0.3, -0.25) is 4.57 Å². The number of anilines is 1. The zero-order valence-electron chi connectivity index (χ0n) is 12.2. The molecule has 1 heterocycles. The fourth-order valence-corrected chi connectivity index (χ4v) is 2.42. The van der Waals surface area contributed by atoms with Crippen molar-refractivity contribution in [3.63, 3.8) is 0 Å². The Balaban J connectivity index is 2.33. The van der Waals surface area contributed by atoms with E-state index in [0.717, 1.165) is 5.56 Å². The summed E-state index contributed by atoms with van der Waals surface area (Å²) < 4.78 is 30.6. The van der Waals surface area contributed by atoms with Gasteiger partial charge in [0, 0.05) is 11.5 Å². The van der Waals surface area contributed by atoms with Crippen molar-refractivity contribution in [3.05, 3.63) is 58.5 Å². The molecular weight excluding hydrogens is 304 g/mol. The van der Waals surface area contributed by atoms with Crippen LogP contribution in [0.1, 0.15) is 5.56 Å². The lowest BCUT2D eigenvalue weighted by molar-refractivity contribution is -0.0497. The van der Waals surface area contributed by atoms with Crippen LogP contribution in [0.5, 0.6) is 5.75 Å². The molecule has 0 unspecified atom stereocenters. The number of fused-ring (bicyclic) bond motifs is 1. The van der Waals surface area contributed by atoms with Gasteiger partial charge in [-0.1, -0.05) is 12.1 Å². The van der Waals surface area contributed by atoms with Crippen LogP contribution in [0.4, 0.5) is 14.6 Å². The van der Waals surface area contributed by atoms with Gasteiger partial charge >= 0.3 is 12.3 Å². The summed E-state index contributed by atoms with van der Waals surface area (Å²) in [5, 5.41) is 0.479. The normalized spacial score (nSPS) is 11.1. The van der Waals surface area contributed by atoms with E-state index in [1.165, 1.54) is 22.8 Å². The molecule has 0 saturated carbocycles. The van der Waals surface area contributed by atoms with Gasteiger partial charge in [0.1, 0.15) is 11.6 Å². The molecule has 0 spiro atoms. The number of ether oxygens (including phenoxy) is 1. The zero-order chi connectivity index (χ0) is 16.6. The predicted octanol–water partition coefficient (Wildman–Crippen LogP) is 2.88. The molecule has 0 aliphatic heterocycles. The van der Waals surface area contributed by atoms with Gasteiger partial charge < -0.3 is 10.5 Å². The molecule has 1 aromatic heterocycles. The smallest absolute Gasteiger partial charge is 0.387 e. The SMILES string of the molecule is Cc1cccc(-n2c(=O)nc(N)c3ccc(OC(F)F)cc32)c1. The van der Waals surface area contributed by atoms with Crippen LogP contribution < -0.4 is 16.2 Å². The summed E-state index contributed by atoms with van der Waals surface area (Å²) in [7, 11) is 0. The quantitative estimate of drug-likeness (QED) is 0.806. The first-order chi connectivity index (χ1) is 11.0. The molecule has 0 radical (unpaired) electrons. The fraction of sp³-hybridized carbons (Fsp3) is 0.125. The number of benzene rings is 2. The fourth-order valence-electron chi connectivity index (χ4n) is 2.42. The van der Waals surface area contributed by atoms with Crippen molar-refractivity contribution in [3.8, 4) is 11.4 Å². The molecule has 2 N–H and O–H groups in total. The van der Waals surface area contributed by atoms with Crippen molar-refractivity contribution in [2.45, 2.75) is 13.5 Å². The minimum atomic E-state index is -2.95. The summed E-state index contributed by atoms with van der Waals surface area (Å²) in [6, 6.07) is 11.4. The van der Waals surface area contributed by atoms with Crippen molar-refractivity contribution < 1.29 is 13.5 Å². The number of rotatable bonds is 3. The molecule has 0 aliphatic carbocycles. The molecule has 0 atom stereocenters. The lowest BCUT2D eigenvalue weighted by Crippen LogP contribution is -2.23. The summed E-state index contributed by atoms with van der Waals surface area (Å²) in [6.45, 7) is -1.07. The van der Waals surface area contributed by atoms with Gasteiger partial charge in [-0.15, -0.1) is 0 Å². The number of nitrogen functional groups attached to an aromatic ring is 1. The zero-order valence-corrected chi connectivity index (χ0v) is 12.2. The average molecular weight is 317 g/mol. The Hall–Kier alpha value is -2.96. The Labute approximate surface area is 129 Å². The Kier molecular flexibility index (Phi) is 3.69. The maximum absolute atomic E-state index is 12.4. The summed E-state index contributed by atoms with van der Waals surface area (Å²) in [4.78, 5) is 16.1. The topological polar surface area (TPSA) is 70.1 Å². The maximum Gasteiger partial charge on any atom is 0.387 e. The largest absolute Gasteiger partial charge is 0.435 e. The number of nitrogens with zero attached hydrogens (tertiary/aromatic N) is 2. The summed E-state index contributed by atoms with van der Waals surface area (Å²) in [5.41, 5.74) is 7.05. The highest BCUT2D eigenvalue weighted by Crippen LogP contribution is 2.26. The molecule has 0 saturated heterocycles. The average Bonchev–Trinajstić information content (AvgIpc) is 2.46. The third-order valence-electron chi connectivity index (χ3n) is 3.38. The van der Waals surface area contributed by atoms with Crippen LogP contribution in [0, 0.1) is 6.92 Å². The third kappa shape index (κ3) is 2.85. The van der Waals surface area contributed by atoms with E-state index >= 15 is 0 Å². The first kappa shape index (κ1) is 15.0. The molecule has 5 nitrogen and oxygen atoms in total. The second-order valence-corrected chi connectivity index (χ2v) is 5.01. The van der Waals surface area contributed by atoms with Gasteiger partial charge in [0.05, 0.1) is 11.2 Å². The summed E-state index contributed by atoms with van der Waals surface area (Å²) >= 11 is 0. The predicted molar refractivity (Wildman–Crippen MR) is 83.1 cm³/mol. The minimum Gasteiger partial charge on any atom is -0.435 e. The molecule has 0 aliphatic rings. The van der Waals surface area contributed by atoms with Gasteiger partial charge in [0.2, 0.25) is 0 Å². The lowest BCUT2D eigenvalue weighted by atomic mass is 10.2. The van der Waals surface area contributed by atoms with Crippen LogP contribution in [-0.4, -0.2) is 16.2 Å². The van der Waals surface area contributed by atoms with Crippen molar-refractivity contribution in [2.24, 2.45) is 0 Å². The lowest BCUT2D eigenvalue weighted by Gasteiger charge is -2.13. The number of aromatic nitrogens is 2. The molecule has 0 bridgehead atoms. The highest BCUT2D eigenvalue weighted by Gasteiger charge is 2.13. The van der Waals surface area contributed by atoms with Gasteiger partial charge in [0.25, 0.3) is 0 Å². The Morgan fingerprint density at radius 1 is 1.22 bits per heavy atom. The molecular formula is C16H13F2N3O2. The van der Waals surface area contributed by atoms with Gasteiger partial charge in [-0.05, 0) is 36.8 Å². The number of aryl methyl sites for hydroxylation is 1. The van der Waals surface area contributed by atoms with E-state index in [1.54, 1.807) is 18.2 Å². The van der Waals surface area contributed by atoms with E-state index in [-0.39, 0.29) is 11.6 Å². The van der Waals surface area contributed by atoms with Crippen molar-refractivity contribution in [1.82, 2.24) is 9.55 Å². The van der Waals surface area contributed by atoms with E-state index in [0.29, 0.717) is 16.6 Å². The number of halogens is 2. The van der Waals surface area contributed by atoms with Crippen molar-refractivity contribution in [1.29, 1.82) is 0 Å². The minimum absolute atomic E-state index is 0.0394. The van der Waals surface area contributed by atoms with E-state index in [4.69, 9.17) is 5.73 Å². The number of hydrogen-bond acceptors (Lipinski definition) is 4. The van der Waals surface area contributed by atoms with Crippen molar-refractivity contribution in [2.75, 3.05) is 5.73 Å². The number of hydrogen-bond donors (Lipinski definition) is 1. The molecule has 0 fully saturated rings. The van der Waals surface area contributed by atoms with Crippen LogP contribution in [-0.2, 0) is 0 Å². The molecule has 0 amide bonds. The van der Waals surface area contributed by atoms with E-state index < -0.39 is 12.3 Å². The summed E-state index contributed by atoms with van der Waals surface area (Å²) in [6.07, 6.45) is 0. The standard InChI is InChI=1S/C16H13F2N3O2/c1-9-3-2-4-10(7-9)21-13-8-11(23-15(17)18)5-6-12(13)14(19)20-16(21)22/h2-8,15H,1H3,(H2,19,20,22). The Morgan fingerprint density at radius 2 is 2.00 bits per heavy atom. The van der Waals surface area contributed by atoms with E-state index in [9.17, 15) is 13.6 Å². The summed E-state index contributed by atoms with van der Waals surface area (Å²) in [5.74, 6) is -0.0172. The molecule has 118 valence electrons. The van der Waals surface area contributed by atoms with Crippen LogP contribution in [0.15, 0.2) is 47.3 Å². The molecule has 23 heavy (non-hydrogen) atoms. The van der Waals surface area contributed by atoms with Crippen LogP contribution in [0.25, 0.3) is 16.6 Å². The number of nitrogens with two attached hydrogens (primary N) is 1. The monoisotopic (exact) mass is 317 g/mol. The Morgan fingerprint density at radius 3 is 2.70 bits per heavy atom. The third-order valence-corrected chi connectivity index (χ3v) is 3.38. The van der Waals surface area contributed by atoms with E-state index in [1.807, 2.05) is 13.0 Å². The maximum atomic E-state index is 12.4. The first-order valence-corrected chi connectivity index (χ1v) is 6.80. The number of alkyl halides is 2.